The Hall–Kier alpha value is -2.07. The minimum atomic E-state index is -0.296. The summed E-state index contributed by atoms with van der Waals surface area (Å²) in [5.74, 6) is -0.0146. The van der Waals surface area contributed by atoms with Gasteiger partial charge in [0.05, 0.1) is 5.02 Å². The third-order valence-electron chi connectivity index (χ3n) is 2.85. The summed E-state index contributed by atoms with van der Waals surface area (Å²) in [4.78, 5) is 15.9. The van der Waals surface area contributed by atoms with Gasteiger partial charge in [-0.1, -0.05) is 41.9 Å². The second-order valence-electron chi connectivity index (χ2n) is 4.41. The van der Waals surface area contributed by atoms with E-state index in [0.29, 0.717) is 11.6 Å². The quantitative estimate of drug-likeness (QED) is 0.832. The zero-order valence-corrected chi connectivity index (χ0v) is 11.7. The zero-order chi connectivity index (χ0) is 14.4. The van der Waals surface area contributed by atoms with Crippen LogP contribution < -0.4 is 11.1 Å². The molecule has 4 nitrogen and oxygen atoms in total. The molecule has 0 radical (unpaired) electrons. The van der Waals surface area contributed by atoms with E-state index in [1.807, 2.05) is 18.2 Å². The van der Waals surface area contributed by atoms with Crippen LogP contribution in [0.2, 0.25) is 5.02 Å². The molecule has 0 aliphatic rings. The van der Waals surface area contributed by atoms with Gasteiger partial charge in [0.1, 0.15) is 11.5 Å². The molecule has 3 N–H and O–H groups in total. The first kappa shape index (κ1) is 14.3. The number of hydrogen-bond donors (Lipinski definition) is 2. The maximum absolute atomic E-state index is 11.9. The lowest BCUT2D eigenvalue weighted by Gasteiger charge is -2.06. The molecule has 0 saturated carbocycles. The molecule has 1 amide bonds. The van der Waals surface area contributed by atoms with Crippen molar-refractivity contribution in [3.05, 3.63) is 58.7 Å². The predicted molar refractivity (Wildman–Crippen MR) is 80.8 cm³/mol. The van der Waals surface area contributed by atoms with Gasteiger partial charge >= 0.3 is 0 Å². The number of anilines is 1. The van der Waals surface area contributed by atoms with Crippen molar-refractivity contribution in [2.45, 2.75) is 12.8 Å². The molecule has 104 valence electrons. The minimum Gasteiger partial charge on any atom is -0.384 e. The molecule has 0 fully saturated rings. The van der Waals surface area contributed by atoms with Crippen LogP contribution >= 0.6 is 11.6 Å². The minimum absolute atomic E-state index is 0.173. The maximum Gasteiger partial charge on any atom is 0.271 e. The molecule has 0 atom stereocenters. The fourth-order valence-electron chi connectivity index (χ4n) is 1.84. The van der Waals surface area contributed by atoms with Gasteiger partial charge in [0, 0.05) is 6.54 Å². The van der Waals surface area contributed by atoms with Crippen molar-refractivity contribution in [2.24, 2.45) is 0 Å². The molecular weight excluding hydrogens is 274 g/mol. The first-order valence-electron chi connectivity index (χ1n) is 6.41. The van der Waals surface area contributed by atoms with Gasteiger partial charge in [0.2, 0.25) is 0 Å². The van der Waals surface area contributed by atoms with E-state index < -0.39 is 0 Å². The molecule has 0 saturated heterocycles. The summed E-state index contributed by atoms with van der Waals surface area (Å²) >= 11 is 5.92. The summed E-state index contributed by atoms with van der Waals surface area (Å²) in [7, 11) is 0. The van der Waals surface area contributed by atoms with Crippen LogP contribution in [0, 0.1) is 0 Å². The van der Waals surface area contributed by atoms with E-state index in [0.717, 1.165) is 12.8 Å². The molecule has 1 aromatic heterocycles. The van der Waals surface area contributed by atoms with Crippen LogP contribution in [-0.4, -0.2) is 17.4 Å². The number of pyridine rings is 1. The Morgan fingerprint density at radius 2 is 1.95 bits per heavy atom. The lowest BCUT2D eigenvalue weighted by atomic mass is 10.1. The highest BCUT2D eigenvalue weighted by Crippen LogP contribution is 2.14. The number of hydrogen-bond acceptors (Lipinski definition) is 3. The van der Waals surface area contributed by atoms with E-state index in [4.69, 9.17) is 17.3 Å². The highest BCUT2D eigenvalue weighted by molar-refractivity contribution is 6.33. The van der Waals surface area contributed by atoms with Crippen LogP contribution in [0.4, 0.5) is 5.82 Å². The number of aryl methyl sites for hydroxylation is 1. The Morgan fingerprint density at radius 3 is 2.70 bits per heavy atom. The normalized spacial score (nSPS) is 10.2. The second-order valence-corrected chi connectivity index (χ2v) is 4.82. The number of halogens is 1. The van der Waals surface area contributed by atoms with E-state index in [1.165, 1.54) is 5.56 Å². The van der Waals surface area contributed by atoms with E-state index in [9.17, 15) is 4.79 Å². The zero-order valence-electron chi connectivity index (χ0n) is 11.0. The van der Waals surface area contributed by atoms with Crippen molar-refractivity contribution in [1.82, 2.24) is 10.3 Å². The van der Waals surface area contributed by atoms with Crippen LogP contribution in [0.5, 0.6) is 0 Å². The van der Waals surface area contributed by atoms with Crippen molar-refractivity contribution < 1.29 is 4.79 Å². The number of carbonyl (C=O) groups is 1. The molecule has 0 bridgehead atoms. The third kappa shape index (κ3) is 3.96. The van der Waals surface area contributed by atoms with E-state index in [1.54, 1.807) is 12.1 Å². The van der Waals surface area contributed by atoms with Gasteiger partial charge < -0.3 is 11.1 Å². The maximum atomic E-state index is 11.9. The molecule has 2 rings (SSSR count). The third-order valence-corrected chi connectivity index (χ3v) is 3.16. The molecule has 0 aliphatic carbocycles. The number of nitrogen functional groups attached to an aromatic ring is 1. The van der Waals surface area contributed by atoms with Gasteiger partial charge in [0.15, 0.2) is 0 Å². The van der Waals surface area contributed by atoms with Crippen LogP contribution in [0.15, 0.2) is 42.5 Å². The number of rotatable bonds is 5. The number of nitrogens with zero attached hydrogens (tertiary/aromatic N) is 1. The summed E-state index contributed by atoms with van der Waals surface area (Å²) in [5, 5.41) is 3.10. The molecule has 0 unspecified atom stereocenters. The molecule has 1 aromatic carbocycles. The average molecular weight is 290 g/mol. The van der Waals surface area contributed by atoms with Crippen molar-refractivity contribution in [2.75, 3.05) is 12.3 Å². The fraction of sp³-hybridized carbons (Fsp3) is 0.200. The first-order chi connectivity index (χ1) is 9.66. The van der Waals surface area contributed by atoms with Crippen molar-refractivity contribution in [3.8, 4) is 0 Å². The Balaban J connectivity index is 1.82. The van der Waals surface area contributed by atoms with Gasteiger partial charge in [0.25, 0.3) is 5.91 Å². The second kappa shape index (κ2) is 6.91. The fourth-order valence-corrected chi connectivity index (χ4v) is 2.03. The standard InChI is InChI=1S/C15H16ClN3O/c16-12-8-9-13(17)19-14(12)15(20)18-10-4-7-11-5-2-1-3-6-11/h1-3,5-6,8-9H,4,7,10H2,(H2,17,19)(H,18,20). The first-order valence-corrected chi connectivity index (χ1v) is 6.79. The van der Waals surface area contributed by atoms with Crippen LogP contribution in [0.3, 0.4) is 0 Å². The number of aromatic nitrogens is 1. The van der Waals surface area contributed by atoms with Gasteiger partial charge in [-0.05, 0) is 30.5 Å². The highest BCUT2D eigenvalue weighted by atomic mass is 35.5. The van der Waals surface area contributed by atoms with Crippen LogP contribution in [-0.2, 0) is 6.42 Å². The van der Waals surface area contributed by atoms with Crippen molar-refractivity contribution in [3.63, 3.8) is 0 Å². The largest absolute Gasteiger partial charge is 0.384 e. The van der Waals surface area contributed by atoms with Gasteiger partial charge in [-0.2, -0.15) is 0 Å². The van der Waals surface area contributed by atoms with Gasteiger partial charge in [-0.25, -0.2) is 4.98 Å². The Kier molecular flexibility index (Phi) is 4.96. The molecule has 20 heavy (non-hydrogen) atoms. The molecule has 0 aliphatic heterocycles. The van der Waals surface area contributed by atoms with Crippen LogP contribution in [0.25, 0.3) is 0 Å². The summed E-state index contributed by atoms with van der Waals surface area (Å²) in [6.07, 6.45) is 1.77. The number of carbonyl (C=O) groups excluding carboxylic acids is 1. The summed E-state index contributed by atoms with van der Waals surface area (Å²) in [6, 6.07) is 13.3. The number of benzene rings is 1. The Morgan fingerprint density at radius 1 is 1.20 bits per heavy atom. The smallest absolute Gasteiger partial charge is 0.271 e. The lowest BCUT2D eigenvalue weighted by Crippen LogP contribution is -2.26. The molecule has 2 aromatic rings. The molecule has 0 spiro atoms. The Bertz CT molecular complexity index is 587. The lowest BCUT2D eigenvalue weighted by molar-refractivity contribution is 0.0948. The molecular formula is C15H16ClN3O. The predicted octanol–water partition coefficient (Wildman–Crippen LogP) is 2.68. The van der Waals surface area contributed by atoms with Gasteiger partial charge in [-0.15, -0.1) is 0 Å². The summed E-state index contributed by atoms with van der Waals surface area (Å²) in [5.41, 5.74) is 6.97. The number of nitrogens with two attached hydrogens (primary N) is 1. The van der Waals surface area contributed by atoms with E-state index in [-0.39, 0.29) is 17.4 Å². The summed E-state index contributed by atoms with van der Waals surface area (Å²) in [6.45, 7) is 0.570. The monoisotopic (exact) mass is 289 g/mol. The van der Waals surface area contributed by atoms with Crippen molar-refractivity contribution >= 4 is 23.3 Å². The van der Waals surface area contributed by atoms with E-state index in [2.05, 4.69) is 22.4 Å². The van der Waals surface area contributed by atoms with Crippen LogP contribution in [0.1, 0.15) is 22.5 Å². The molecule has 5 heteroatoms. The van der Waals surface area contributed by atoms with E-state index >= 15 is 0 Å². The highest BCUT2D eigenvalue weighted by Gasteiger charge is 2.11. The SMILES string of the molecule is Nc1ccc(Cl)c(C(=O)NCCCc2ccccc2)n1. The average Bonchev–Trinajstić information content (AvgIpc) is 2.47. The van der Waals surface area contributed by atoms with Gasteiger partial charge in [-0.3, -0.25) is 4.79 Å². The number of amides is 1. The Labute approximate surface area is 123 Å². The topological polar surface area (TPSA) is 68.0 Å². The van der Waals surface area contributed by atoms with Crippen molar-refractivity contribution in [1.29, 1.82) is 0 Å². The summed E-state index contributed by atoms with van der Waals surface area (Å²) < 4.78 is 0. The number of nitrogens with one attached hydrogen (secondary N) is 1. The molecule has 1 heterocycles.